The molecule has 8 nitrogen and oxygen atoms in total. The lowest BCUT2D eigenvalue weighted by molar-refractivity contribution is -0.140. The van der Waals surface area contributed by atoms with Gasteiger partial charge >= 0.3 is 5.97 Å². The quantitative estimate of drug-likeness (QED) is 0.300. The van der Waals surface area contributed by atoms with Gasteiger partial charge in [-0.15, -0.1) is 11.3 Å². The number of pyridine rings is 1. The summed E-state index contributed by atoms with van der Waals surface area (Å²) in [6.45, 7) is 6.63. The highest BCUT2D eigenvalue weighted by Crippen LogP contribution is 2.39. The summed E-state index contributed by atoms with van der Waals surface area (Å²) in [5, 5.41) is 6.94. The number of rotatable bonds is 9. The number of hydrogen-bond donors (Lipinski definition) is 1. The zero-order valence-corrected chi connectivity index (χ0v) is 25.0. The van der Waals surface area contributed by atoms with Crippen LogP contribution in [0.3, 0.4) is 0 Å². The Labute approximate surface area is 245 Å². The average Bonchev–Trinajstić information content (AvgIpc) is 3.69. The van der Waals surface area contributed by atoms with E-state index < -0.39 is 12.0 Å². The van der Waals surface area contributed by atoms with Crippen LogP contribution < -0.4 is 5.32 Å². The molecule has 1 aliphatic carbocycles. The van der Waals surface area contributed by atoms with Crippen LogP contribution in [0.2, 0.25) is 0 Å². The van der Waals surface area contributed by atoms with Gasteiger partial charge in [-0.25, -0.2) is 14.8 Å². The topological polar surface area (TPSA) is 101 Å². The molecule has 3 heterocycles. The van der Waals surface area contributed by atoms with Crippen LogP contribution in [0.1, 0.15) is 93.7 Å². The summed E-state index contributed by atoms with van der Waals surface area (Å²) in [5.74, 6) is -0.436. The first-order chi connectivity index (χ1) is 19.9. The predicted octanol–water partition coefficient (Wildman–Crippen LogP) is 6.31. The number of hydrogen-bond acceptors (Lipinski definition) is 7. The summed E-state index contributed by atoms with van der Waals surface area (Å²) < 4.78 is 5.22. The fraction of sp³-hybridized carbons (Fsp3) is 0.531. The lowest BCUT2D eigenvalue weighted by Crippen LogP contribution is -2.53. The maximum atomic E-state index is 14.1. The number of amides is 2. The minimum absolute atomic E-state index is 0.0201. The summed E-state index contributed by atoms with van der Waals surface area (Å²) >= 11 is 1.54. The second-order valence-electron chi connectivity index (χ2n) is 11.2. The molecule has 218 valence electrons. The molecule has 2 amide bonds. The van der Waals surface area contributed by atoms with E-state index in [0.717, 1.165) is 66.6 Å². The van der Waals surface area contributed by atoms with Crippen LogP contribution in [-0.4, -0.2) is 51.8 Å². The number of ether oxygens (including phenoxy) is 1. The first kappa shape index (κ1) is 29.2. The number of carbonyl (C=O) groups excluding carboxylic acids is 3. The molecule has 1 saturated carbocycles. The lowest BCUT2D eigenvalue weighted by Gasteiger charge is -2.35. The van der Waals surface area contributed by atoms with Crippen LogP contribution in [0.4, 0.5) is 0 Å². The van der Waals surface area contributed by atoms with Crippen molar-refractivity contribution in [1.29, 1.82) is 0 Å². The lowest BCUT2D eigenvalue weighted by atomic mass is 9.83. The van der Waals surface area contributed by atoms with E-state index in [1.54, 1.807) is 13.0 Å². The van der Waals surface area contributed by atoms with Gasteiger partial charge in [0.1, 0.15) is 16.7 Å². The molecule has 2 fully saturated rings. The van der Waals surface area contributed by atoms with Crippen molar-refractivity contribution in [2.24, 2.45) is 11.8 Å². The fourth-order valence-corrected chi connectivity index (χ4v) is 7.02. The van der Waals surface area contributed by atoms with Crippen molar-refractivity contribution >= 4 is 40.0 Å². The van der Waals surface area contributed by atoms with Crippen molar-refractivity contribution in [2.45, 2.75) is 84.2 Å². The highest BCUT2D eigenvalue weighted by atomic mass is 32.1. The van der Waals surface area contributed by atoms with E-state index in [0.29, 0.717) is 12.1 Å². The van der Waals surface area contributed by atoms with Gasteiger partial charge < -0.3 is 15.0 Å². The number of carbonyl (C=O) groups is 3. The van der Waals surface area contributed by atoms with Crippen molar-refractivity contribution in [3.63, 3.8) is 0 Å². The van der Waals surface area contributed by atoms with Gasteiger partial charge in [-0.1, -0.05) is 51.3 Å². The van der Waals surface area contributed by atoms with Crippen molar-refractivity contribution < 1.29 is 19.1 Å². The number of esters is 1. The van der Waals surface area contributed by atoms with Gasteiger partial charge in [0.25, 0.3) is 0 Å². The molecule has 1 aromatic carbocycles. The maximum absolute atomic E-state index is 14.1. The van der Waals surface area contributed by atoms with Gasteiger partial charge in [0.2, 0.25) is 11.8 Å². The van der Waals surface area contributed by atoms with Crippen molar-refractivity contribution in [3.8, 4) is 11.3 Å². The van der Waals surface area contributed by atoms with E-state index in [1.165, 1.54) is 17.8 Å². The van der Waals surface area contributed by atoms with E-state index in [1.807, 2.05) is 48.4 Å². The van der Waals surface area contributed by atoms with E-state index in [4.69, 9.17) is 9.72 Å². The third-order valence-electron chi connectivity index (χ3n) is 8.56. The van der Waals surface area contributed by atoms with Gasteiger partial charge in [-0.2, -0.15) is 0 Å². The Balaban J connectivity index is 1.44. The molecule has 2 aliphatic rings. The molecule has 5 rings (SSSR count). The van der Waals surface area contributed by atoms with Crippen molar-refractivity contribution in [2.75, 3.05) is 13.2 Å². The first-order valence-corrected chi connectivity index (χ1v) is 15.9. The SMILES string of the molecule is CCOC(=O)c1cc(-c2csc([C@@H]3CCCN3C(=O)[C@@H](NC(=O)[C@H](C)CC)C3CCCCC3)n2)c2ccccc2n1. The highest BCUT2D eigenvalue weighted by molar-refractivity contribution is 7.10. The number of nitrogens with zero attached hydrogens (tertiary/aromatic N) is 3. The maximum Gasteiger partial charge on any atom is 0.356 e. The predicted molar refractivity (Wildman–Crippen MR) is 160 cm³/mol. The second-order valence-corrected chi connectivity index (χ2v) is 12.1. The van der Waals surface area contributed by atoms with E-state index in [2.05, 4.69) is 10.3 Å². The number of thiazole rings is 1. The molecule has 0 bridgehead atoms. The molecule has 3 aromatic rings. The number of benzene rings is 1. The number of fused-ring (bicyclic) bond motifs is 1. The molecule has 0 radical (unpaired) electrons. The molecule has 1 N–H and O–H groups in total. The smallest absolute Gasteiger partial charge is 0.356 e. The van der Waals surface area contributed by atoms with E-state index in [-0.39, 0.29) is 42.0 Å². The van der Waals surface area contributed by atoms with Gasteiger partial charge in [0, 0.05) is 28.8 Å². The molecule has 9 heteroatoms. The molecule has 2 aromatic heterocycles. The third kappa shape index (κ3) is 6.30. The van der Waals surface area contributed by atoms with Crippen LogP contribution in [-0.2, 0) is 14.3 Å². The Hall–Kier alpha value is -3.33. The summed E-state index contributed by atoms with van der Waals surface area (Å²) in [6, 6.07) is 8.82. The molecule has 1 saturated heterocycles. The average molecular weight is 577 g/mol. The Kier molecular flexibility index (Phi) is 9.32. The normalized spacial score (nSPS) is 19.2. The number of para-hydroxylation sites is 1. The number of aromatic nitrogens is 2. The fourth-order valence-electron chi connectivity index (χ4n) is 6.06. The zero-order valence-electron chi connectivity index (χ0n) is 24.2. The first-order valence-electron chi connectivity index (χ1n) is 15.0. The van der Waals surface area contributed by atoms with Gasteiger partial charge in [-0.05, 0) is 57.1 Å². The second kappa shape index (κ2) is 13.1. The van der Waals surface area contributed by atoms with Crippen LogP contribution in [0.5, 0.6) is 0 Å². The van der Waals surface area contributed by atoms with Crippen LogP contribution in [0.15, 0.2) is 35.7 Å². The Morgan fingerprint density at radius 3 is 2.61 bits per heavy atom. The van der Waals surface area contributed by atoms with Gasteiger partial charge in [-0.3, -0.25) is 9.59 Å². The molecular weight excluding hydrogens is 536 g/mol. The minimum Gasteiger partial charge on any atom is -0.461 e. The highest BCUT2D eigenvalue weighted by Gasteiger charge is 2.40. The molecule has 41 heavy (non-hydrogen) atoms. The Morgan fingerprint density at radius 2 is 1.85 bits per heavy atom. The summed E-state index contributed by atoms with van der Waals surface area (Å²) in [5.41, 5.74) is 2.52. The summed E-state index contributed by atoms with van der Waals surface area (Å²) in [6.07, 6.45) is 7.79. The van der Waals surface area contributed by atoms with Gasteiger partial charge in [0.05, 0.1) is 23.9 Å². The summed E-state index contributed by atoms with van der Waals surface area (Å²) in [4.78, 5) is 51.1. The Bertz CT molecular complexity index is 1400. The van der Waals surface area contributed by atoms with Crippen LogP contribution >= 0.6 is 11.3 Å². The van der Waals surface area contributed by atoms with E-state index in [9.17, 15) is 14.4 Å². The minimum atomic E-state index is -0.492. The zero-order chi connectivity index (χ0) is 28.9. The third-order valence-corrected chi connectivity index (χ3v) is 9.51. The van der Waals surface area contributed by atoms with Crippen LogP contribution in [0.25, 0.3) is 22.2 Å². The Morgan fingerprint density at radius 1 is 1.07 bits per heavy atom. The molecule has 0 spiro atoms. The van der Waals surface area contributed by atoms with Crippen LogP contribution in [0, 0.1) is 11.8 Å². The van der Waals surface area contributed by atoms with Gasteiger partial charge in [0.15, 0.2) is 0 Å². The molecule has 0 unspecified atom stereocenters. The molecular formula is C32H40N4O4S. The largest absolute Gasteiger partial charge is 0.461 e. The molecule has 3 atom stereocenters. The monoisotopic (exact) mass is 576 g/mol. The molecule has 1 aliphatic heterocycles. The number of nitrogens with one attached hydrogen (secondary N) is 1. The standard InChI is InChI=1S/C32H40N4O4S/c1-4-20(3)29(37)35-28(21-12-7-6-8-13-21)31(38)36-17-11-16-27(36)30-34-26(19-41-30)23-18-25(32(39)40-5-2)33-24-15-10-9-14-22(23)24/h9-10,14-15,18-21,27-28H,4-8,11-13,16-17H2,1-3H3,(H,35,37)/t20-,27+,28+/m1/s1. The van der Waals surface area contributed by atoms with Crippen molar-refractivity contribution in [1.82, 2.24) is 20.2 Å². The van der Waals surface area contributed by atoms with Crippen molar-refractivity contribution in [3.05, 3.63) is 46.4 Å². The summed E-state index contributed by atoms with van der Waals surface area (Å²) in [7, 11) is 0. The van der Waals surface area contributed by atoms with E-state index >= 15 is 0 Å². The number of likely N-dealkylation sites (tertiary alicyclic amines) is 1.